The number of hydrogen-bond donors (Lipinski definition) is 1. The van der Waals surface area contributed by atoms with E-state index < -0.39 is 5.97 Å². The van der Waals surface area contributed by atoms with Crippen molar-refractivity contribution in [1.29, 1.82) is 0 Å². The van der Waals surface area contributed by atoms with E-state index in [9.17, 15) is 9.90 Å². The SMILES string of the molecule is CC(C)c1nc(C2CCC3CCCCC3C2)oc1C(=O)O. The summed E-state index contributed by atoms with van der Waals surface area (Å²) in [5.41, 5.74) is 0.600. The molecule has 21 heavy (non-hydrogen) atoms. The average molecular weight is 291 g/mol. The highest BCUT2D eigenvalue weighted by Gasteiger charge is 2.35. The molecule has 0 aromatic carbocycles. The fourth-order valence-electron chi connectivity index (χ4n) is 4.17. The third-order valence-corrected chi connectivity index (χ3v) is 5.30. The van der Waals surface area contributed by atoms with Gasteiger partial charge in [0.1, 0.15) is 0 Å². The van der Waals surface area contributed by atoms with Gasteiger partial charge in [-0.2, -0.15) is 0 Å². The highest BCUT2D eigenvalue weighted by atomic mass is 16.4. The van der Waals surface area contributed by atoms with Crippen LogP contribution in [-0.2, 0) is 0 Å². The Kier molecular flexibility index (Phi) is 4.05. The summed E-state index contributed by atoms with van der Waals surface area (Å²) < 4.78 is 5.65. The molecule has 1 heterocycles. The van der Waals surface area contributed by atoms with Crippen molar-refractivity contribution in [3.63, 3.8) is 0 Å². The summed E-state index contributed by atoms with van der Waals surface area (Å²) in [6, 6.07) is 0. The number of fused-ring (bicyclic) bond motifs is 1. The zero-order chi connectivity index (χ0) is 15.0. The van der Waals surface area contributed by atoms with Crippen LogP contribution in [0.15, 0.2) is 4.42 Å². The summed E-state index contributed by atoms with van der Waals surface area (Å²) >= 11 is 0. The monoisotopic (exact) mass is 291 g/mol. The van der Waals surface area contributed by atoms with Gasteiger partial charge in [-0.05, 0) is 37.0 Å². The van der Waals surface area contributed by atoms with Crippen LogP contribution >= 0.6 is 0 Å². The summed E-state index contributed by atoms with van der Waals surface area (Å²) in [7, 11) is 0. The minimum Gasteiger partial charge on any atom is -0.475 e. The number of nitrogens with zero attached hydrogens (tertiary/aromatic N) is 1. The highest BCUT2D eigenvalue weighted by molar-refractivity contribution is 5.85. The molecule has 4 nitrogen and oxygen atoms in total. The first kappa shape index (κ1) is 14.6. The van der Waals surface area contributed by atoms with Crippen LogP contribution in [0.4, 0.5) is 0 Å². The minimum atomic E-state index is -0.996. The largest absolute Gasteiger partial charge is 0.475 e. The Bertz CT molecular complexity index is 520. The Balaban J connectivity index is 1.80. The average Bonchev–Trinajstić information content (AvgIpc) is 2.92. The predicted molar refractivity (Wildman–Crippen MR) is 79.6 cm³/mol. The summed E-state index contributed by atoms with van der Waals surface area (Å²) in [4.78, 5) is 15.9. The Hall–Kier alpha value is -1.32. The van der Waals surface area contributed by atoms with E-state index in [1.165, 1.54) is 32.1 Å². The molecule has 3 rings (SSSR count). The van der Waals surface area contributed by atoms with Crippen LogP contribution in [0.1, 0.15) is 92.8 Å². The van der Waals surface area contributed by atoms with Crippen molar-refractivity contribution in [3.8, 4) is 0 Å². The third-order valence-electron chi connectivity index (χ3n) is 5.30. The zero-order valence-corrected chi connectivity index (χ0v) is 13.0. The van der Waals surface area contributed by atoms with Gasteiger partial charge in [0.05, 0.1) is 5.69 Å². The van der Waals surface area contributed by atoms with Gasteiger partial charge in [-0.25, -0.2) is 9.78 Å². The van der Waals surface area contributed by atoms with Gasteiger partial charge in [-0.3, -0.25) is 0 Å². The van der Waals surface area contributed by atoms with Crippen LogP contribution < -0.4 is 0 Å². The van der Waals surface area contributed by atoms with Gasteiger partial charge >= 0.3 is 5.97 Å². The molecule has 0 aliphatic heterocycles. The fourth-order valence-corrected chi connectivity index (χ4v) is 4.17. The van der Waals surface area contributed by atoms with Crippen molar-refractivity contribution in [2.45, 2.75) is 70.6 Å². The number of carbonyl (C=O) groups is 1. The van der Waals surface area contributed by atoms with Gasteiger partial charge in [0.15, 0.2) is 5.89 Å². The van der Waals surface area contributed by atoms with Crippen LogP contribution in [0.5, 0.6) is 0 Å². The van der Waals surface area contributed by atoms with Crippen LogP contribution in [0.2, 0.25) is 0 Å². The smallest absolute Gasteiger partial charge is 0.373 e. The van der Waals surface area contributed by atoms with Crippen molar-refractivity contribution < 1.29 is 14.3 Å². The van der Waals surface area contributed by atoms with E-state index in [0.717, 1.165) is 24.7 Å². The summed E-state index contributed by atoms with van der Waals surface area (Å²) in [5.74, 6) is 1.79. The molecule has 2 aliphatic rings. The molecule has 3 atom stereocenters. The Labute approximate surface area is 125 Å². The van der Waals surface area contributed by atoms with Crippen molar-refractivity contribution >= 4 is 5.97 Å². The molecule has 116 valence electrons. The second kappa shape index (κ2) is 5.82. The summed E-state index contributed by atoms with van der Waals surface area (Å²) in [6.45, 7) is 3.93. The van der Waals surface area contributed by atoms with E-state index in [-0.39, 0.29) is 11.7 Å². The maximum absolute atomic E-state index is 11.3. The number of carboxylic acid groups (broad SMARTS) is 1. The minimum absolute atomic E-state index is 0.0470. The highest BCUT2D eigenvalue weighted by Crippen LogP contribution is 2.46. The number of oxazole rings is 1. The normalized spacial score (nSPS) is 29.4. The lowest BCUT2D eigenvalue weighted by atomic mass is 9.67. The molecule has 0 saturated heterocycles. The van der Waals surface area contributed by atoms with Crippen molar-refractivity contribution in [2.75, 3.05) is 0 Å². The maximum atomic E-state index is 11.3. The quantitative estimate of drug-likeness (QED) is 0.886. The van der Waals surface area contributed by atoms with E-state index in [4.69, 9.17) is 4.42 Å². The third kappa shape index (κ3) is 2.85. The molecule has 0 spiro atoms. The van der Waals surface area contributed by atoms with Crippen LogP contribution in [-0.4, -0.2) is 16.1 Å². The Morgan fingerprint density at radius 1 is 1.19 bits per heavy atom. The molecule has 0 bridgehead atoms. The van der Waals surface area contributed by atoms with E-state index in [1.54, 1.807) is 0 Å². The summed E-state index contributed by atoms with van der Waals surface area (Å²) in [6.07, 6.45) is 8.89. The van der Waals surface area contributed by atoms with Gasteiger partial charge in [0, 0.05) is 5.92 Å². The first-order chi connectivity index (χ1) is 10.1. The van der Waals surface area contributed by atoms with E-state index in [0.29, 0.717) is 17.5 Å². The van der Waals surface area contributed by atoms with E-state index >= 15 is 0 Å². The lowest BCUT2D eigenvalue weighted by Crippen LogP contribution is -2.27. The van der Waals surface area contributed by atoms with E-state index in [1.807, 2.05) is 13.8 Å². The Morgan fingerprint density at radius 2 is 1.90 bits per heavy atom. The van der Waals surface area contributed by atoms with E-state index in [2.05, 4.69) is 4.98 Å². The van der Waals surface area contributed by atoms with Gasteiger partial charge < -0.3 is 9.52 Å². The lowest BCUT2D eigenvalue weighted by Gasteiger charge is -2.38. The van der Waals surface area contributed by atoms with Gasteiger partial charge in [0.2, 0.25) is 5.76 Å². The second-order valence-electron chi connectivity index (χ2n) is 7.04. The molecule has 0 radical (unpaired) electrons. The maximum Gasteiger partial charge on any atom is 0.373 e. The molecule has 1 aromatic rings. The number of rotatable bonds is 3. The zero-order valence-electron chi connectivity index (χ0n) is 13.0. The molecule has 2 saturated carbocycles. The standard InChI is InChI=1S/C17H25NO3/c1-10(2)14-15(17(19)20)21-16(18-14)13-8-7-11-5-3-4-6-12(11)9-13/h10-13H,3-9H2,1-2H3,(H,19,20). The molecule has 1 aromatic heterocycles. The molecular formula is C17H25NO3. The van der Waals surface area contributed by atoms with Crippen LogP contribution in [0.3, 0.4) is 0 Å². The predicted octanol–water partition coefficient (Wildman–Crippen LogP) is 4.57. The summed E-state index contributed by atoms with van der Waals surface area (Å²) in [5, 5.41) is 9.28. The van der Waals surface area contributed by atoms with Crippen LogP contribution in [0, 0.1) is 11.8 Å². The Morgan fingerprint density at radius 3 is 2.52 bits per heavy atom. The first-order valence-corrected chi connectivity index (χ1v) is 8.30. The molecular weight excluding hydrogens is 266 g/mol. The van der Waals surface area contributed by atoms with Crippen LogP contribution in [0.25, 0.3) is 0 Å². The number of aromatic nitrogens is 1. The molecule has 2 aliphatic carbocycles. The number of hydrogen-bond acceptors (Lipinski definition) is 3. The lowest BCUT2D eigenvalue weighted by molar-refractivity contribution is 0.0654. The first-order valence-electron chi connectivity index (χ1n) is 8.30. The molecule has 4 heteroatoms. The fraction of sp³-hybridized carbons (Fsp3) is 0.765. The van der Waals surface area contributed by atoms with Crippen molar-refractivity contribution in [3.05, 3.63) is 17.3 Å². The number of aromatic carboxylic acids is 1. The second-order valence-corrected chi connectivity index (χ2v) is 7.04. The van der Waals surface area contributed by atoms with Gasteiger partial charge in [-0.15, -0.1) is 0 Å². The van der Waals surface area contributed by atoms with Gasteiger partial charge in [0.25, 0.3) is 0 Å². The van der Waals surface area contributed by atoms with Gasteiger partial charge in [-0.1, -0.05) is 39.5 Å². The molecule has 1 N–H and O–H groups in total. The van der Waals surface area contributed by atoms with Crippen molar-refractivity contribution in [2.24, 2.45) is 11.8 Å². The molecule has 0 amide bonds. The molecule has 3 unspecified atom stereocenters. The number of carboxylic acids is 1. The van der Waals surface area contributed by atoms with Crippen molar-refractivity contribution in [1.82, 2.24) is 4.98 Å². The molecule has 2 fully saturated rings. The topological polar surface area (TPSA) is 63.3 Å².